The van der Waals surface area contributed by atoms with E-state index in [4.69, 9.17) is 27.9 Å². The molecular weight excluding hydrogens is 313 g/mol. The molecule has 1 amide bonds. The van der Waals surface area contributed by atoms with Crippen LogP contribution in [0.15, 0.2) is 18.2 Å². The zero-order valence-electron chi connectivity index (χ0n) is 11.6. The van der Waals surface area contributed by atoms with Gasteiger partial charge in [-0.1, -0.05) is 36.0 Å². The number of carbonyl (C=O) groups is 1. The Morgan fingerprint density at radius 1 is 1.29 bits per heavy atom. The molecule has 2 N–H and O–H groups in total. The Morgan fingerprint density at radius 3 is 2.76 bits per heavy atom. The molecular formula is C15H19Cl2NO3. The van der Waals surface area contributed by atoms with Gasteiger partial charge in [0.25, 0.3) is 5.91 Å². The number of amides is 1. The van der Waals surface area contributed by atoms with E-state index in [1.807, 2.05) is 0 Å². The highest BCUT2D eigenvalue weighted by Crippen LogP contribution is 2.26. The molecule has 6 heteroatoms. The van der Waals surface area contributed by atoms with Gasteiger partial charge in [0.15, 0.2) is 6.61 Å². The molecule has 21 heavy (non-hydrogen) atoms. The van der Waals surface area contributed by atoms with Gasteiger partial charge < -0.3 is 15.2 Å². The number of hydrogen-bond donors (Lipinski definition) is 2. The minimum Gasteiger partial charge on any atom is -0.484 e. The van der Waals surface area contributed by atoms with Crippen LogP contribution in [0, 0.1) is 5.92 Å². The van der Waals surface area contributed by atoms with Crippen LogP contribution in [-0.4, -0.2) is 30.3 Å². The van der Waals surface area contributed by atoms with Crippen LogP contribution < -0.4 is 10.1 Å². The average molecular weight is 332 g/mol. The van der Waals surface area contributed by atoms with Gasteiger partial charge in [-0.3, -0.25) is 4.79 Å². The normalized spacial score (nSPS) is 21.9. The lowest BCUT2D eigenvalue weighted by Gasteiger charge is -2.30. The summed E-state index contributed by atoms with van der Waals surface area (Å²) in [6.07, 6.45) is 4.05. The van der Waals surface area contributed by atoms with Gasteiger partial charge in [-0.15, -0.1) is 0 Å². The molecule has 2 atom stereocenters. The average Bonchev–Trinajstić information content (AvgIpc) is 2.49. The van der Waals surface area contributed by atoms with Crippen molar-refractivity contribution in [3.63, 3.8) is 0 Å². The van der Waals surface area contributed by atoms with E-state index in [1.165, 1.54) is 0 Å². The minimum absolute atomic E-state index is 0.0358. The Balaban J connectivity index is 1.82. The number of rotatable bonds is 5. The number of aliphatic hydroxyl groups excluding tert-OH is 1. The summed E-state index contributed by atoms with van der Waals surface area (Å²) in [6.45, 7) is 0.0329. The number of benzene rings is 1. The molecule has 0 aromatic heterocycles. The summed E-state index contributed by atoms with van der Waals surface area (Å²) in [5.74, 6) is 0.459. The second kappa shape index (κ2) is 7.87. The van der Waals surface area contributed by atoms with E-state index in [0.29, 0.717) is 15.8 Å². The second-order valence-electron chi connectivity index (χ2n) is 5.27. The quantitative estimate of drug-likeness (QED) is 0.871. The maximum absolute atomic E-state index is 11.9. The van der Waals surface area contributed by atoms with Crippen molar-refractivity contribution in [1.29, 1.82) is 0 Å². The summed E-state index contributed by atoms with van der Waals surface area (Å²) >= 11 is 11.7. The number of aliphatic hydroxyl groups is 1. The van der Waals surface area contributed by atoms with Crippen LogP contribution in [0.3, 0.4) is 0 Å². The molecule has 116 valence electrons. The third-order valence-electron chi connectivity index (χ3n) is 3.75. The van der Waals surface area contributed by atoms with Gasteiger partial charge in [-0.2, -0.15) is 0 Å². The molecule has 0 heterocycles. The largest absolute Gasteiger partial charge is 0.484 e. The maximum atomic E-state index is 11.9. The number of nitrogens with one attached hydrogen (secondary N) is 1. The Bertz CT molecular complexity index is 496. The van der Waals surface area contributed by atoms with Crippen molar-refractivity contribution >= 4 is 29.1 Å². The van der Waals surface area contributed by atoms with Gasteiger partial charge in [-0.05, 0) is 25.0 Å². The van der Waals surface area contributed by atoms with E-state index in [1.54, 1.807) is 18.2 Å². The number of carbonyl (C=O) groups excluding carboxylic acids is 1. The molecule has 0 spiro atoms. The monoisotopic (exact) mass is 331 g/mol. The fourth-order valence-electron chi connectivity index (χ4n) is 2.58. The lowest BCUT2D eigenvalue weighted by molar-refractivity contribution is -0.124. The fraction of sp³-hybridized carbons (Fsp3) is 0.533. The van der Waals surface area contributed by atoms with Crippen molar-refractivity contribution in [2.45, 2.75) is 31.7 Å². The molecule has 0 radical (unpaired) electrons. The maximum Gasteiger partial charge on any atom is 0.258 e. The van der Waals surface area contributed by atoms with Gasteiger partial charge in [0.1, 0.15) is 5.75 Å². The molecule has 1 fully saturated rings. The molecule has 2 unspecified atom stereocenters. The Labute approximate surface area is 134 Å². The van der Waals surface area contributed by atoms with Crippen LogP contribution in [0.4, 0.5) is 0 Å². The standard InChI is InChI=1S/C15H19Cl2NO3/c16-12-6-5-11(7-13(12)17)21-9-15(20)18-14-4-2-1-3-10(14)8-19/h5-7,10,14,19H,1-4,8-9H2,(H,18,20). The molecule has 2 rings (SSSR count). The van der Waals surface area contributed by atoms with E-state index >= 15 is 0 Å². The summed E-state index contributed by atoms with van der Waals surface area (Å²) in [4.78, 5) is 11.9. The van der Waals surface area contributed by atoms with E-state index in [-0.39, 0.29) is 31.1 Å². The number of halogens is 2. The molecule has 1 aromatic rings. The smallest absolute Gasteiger partial charge is 0.258 e. The Kier molecular flexibility index (Phi) is 6.15. The molecule has 0 bridgehead atoms. The first-order valence-electron chi connectivity index (χ1n) is 7.08. The van der Waals surface area contributed by atoms with Crippen molar-refractivity contribution in [3.05, 3.63) is 28.2 Å². The first-order chi connectivity index (χ1) is 10.1. The van der Waals surface area contributed by atoms with Crippen LogP contribution in [0.2, 0.25) is 10.0 Å². The minimum atomic E-state index is -0.188. The Hall–Kier alpha value is -0.970. The van der Waals surface area contributed by atoms with Crippen LogP contribution in [0.5, 0.6) is 5.75 Å². The lowest BCUT2D eigenvalue weighted by atomic mass is 9.85. The third-order valence-corrected chi connectivity index (χ3v) is 4.49. The van der Waals surface area contributed by atoms with Crippen molar-refractivity contribution < 1.29 is 14.6 Å². The predicted molar refractivity (Wildman–Crippen MR) is 82.9 cm³/mol. The van der Waals surface area contributed by atoms with Crippen LogP contribution in [0.25, 0.3) is 0 Å². The van der Waals surface area contributed by atoms with Crippen molar-refractivity contribution in [2.24, 2.45) is 5.92 Å². The summed E-state index contributed by atoms with van der Waals surface area (Å²) in [5, 5.41) is 13.1. The molecule has 1 aliphatic carbocycles. The highest BCUT2D eigenvalue weighted by molar-refractivity contribution is 6.42. The third kappa shape index (κ3) is 4.77. The molecule has 1 saturated carbocycles. The first kappa shape index (κ1) is 16.4. The SMILES string of the molecule is O=C(COc1ccc(Cl)c(Cl)c1)NC1CCCCC1CO. The van der Waals surface area contributed by atoms with Crippen LogP contribution >= 0.6 is 23.2 Å². The van der Waals surface area contributed by atoms with Gasteiger partial charge >= 0.3 is 0 Å². The topological polar surface area (TPSA) is 58.6 Å². The molecule has 0 aliphatic heterocycles. The van der Waals surface area contributed by atoms with Crippen LogP contribution in [0.1, 0.15) is 25.7 Å². The summed E-state index contributed by atoms with van der Waals surface area (Å²) in [5.41, 5.74) is 0. The van der Waals surface area contributed by atoms with Crippen molar-refractivity contribution in [3.8, 4) is 5.75 Å². The summed E-state index contributed by atoms with van der Waals surface area (Å²) < 4.78 is 5.40. The Morgan fingerprint density at radius 2 is 2.05 bits per heavy atom. The van der Waals surface area contributed by atoms with E-state index in [2.05, 4.69) is 5.32 Å². The van der Waals surface area contributed by atoms with Gasteiger partial charge in [-0.25, -0.2) is 0 Å². The second-order valence-corrected chi connectivity index (χ2v) is 6.08. The lowest BCUT2D eigenvalue weighted by Crippen LogP contribution is -2.45. The van der Waals surface area contributed by atoms with Crippen molar-refractivity contribution in [2.75, 3.05) is 13.2 Å². The molecule has 1 aliphatic rings. The van der Waals surface area contributed by atoms with Crippen molar-refractivity contribution in [1.82, 2.24) is 5.32 Å². The zero-order chi connectivity index (χ0) is 15.2. The molecule has 4 nitrogen and oxygen atoms in total. The van der Waals surface area contributed by atoms with Gasteiger partial charge in [0, 0.05) is 24.6 Å². The predicted octanol–water partition coefficient (Wildman–Crippen LogP) is 3.04. The molecule has 0 saturated heterocycles. The van der Waals surface area contributed by atoms with E-state index < -0.39 is 0 Å². The van der Waals surface area contributed by atoms with Gasteiger partial charge in [0.2, 0.25) is 0 Å². The highest BCUT2D eigenvalue weighted by Gasteiger charge is 2.25. The highest BCUT2D eigenvalue weighted by atomic mass is 35.5. The fourth-order valence-corrected chi connectivity index (χ4v) is 2.87. The van der Waals surface area contributed by atoms with Gasteiger partial charge in [0.05, 0.1) is 10.0 Å². The van der Waals surface area contributed by atoms with Crippen LogP contribution in [-0.2, 0) is 4.79 Å². The summed E-state index contributed by atoms with van der Waals surface area (Å²) in [6, 6.07) is 4.90. The van der Waals surface area contributed by atoms with E-state index in [0.717, 1.165) is 25.7 Å². The number of hydrogen-bond acceptors (Lipinski definition) is 3. The van der Waals surface area contributed by atoms with E-state index in [9.17, 15) is 9.90 Å². The summed E-state index contributed by atoms with van der Waals surface area (Å²) in [7, 11) is 0. The first-order valence-corrected chi connectivity index (χ1v) is 7.84. The molecule has 1 aromatic carbocycles. The number of ether oxygens (including phenoxy) is 1. The zero-order valence-corrected chi connectivity index (χ0v) is 13.2.